The lowest BCUT2D eigenvalue weighted by Crippen LogP contribution is -2.18. The molecule has 0 aliphatic carbocycles. The maximum atomic E-state index is 12.8. The standard InChI is InChI=1S/C19H15F3N4O2/c1-9-2-7-12(27)8-13(9)15-14(23)16(17(24)28)26-18(25-15)10-3-5-11(6-4-10)19(20,21)22/h2-8,27H,23H2,1H3,(H2,24,28). The molecule has 0 saturated heterocycles. The van der Waals surface area contributed by atoms with Gasteiger partial charge in [0.15, 0.2) is 11.5 Å². The van der Waals surface area contributed by atoms with Crippen LogP contribution < -0.4 is 11.5 Å². The highest BCUT2D eigenvalue weighted by atomic mass is 19.4. The average Bonchev–Trinajstić information content (AvgIpc) is 2.63. The van der Waals surface area contributed by atoms with Crippen molar-refractivity contribution < 1.29 is 23.1 Å². The maximum Gasteiger partial charge on any atom is 0.416 e. The Kier molecular flexibility index (Phi) is 4.68. The quantitative estimate of drug-likeness (QED) is 0.635. The number of phenols is 1. The minimum atomic E-state index is -4.48. The zero-order valence-corrected chi connectivity index (χ0v) is 14.6. The summed E-state index contributed by atoms with van der Waals surface area (Å²) in [7, 11) is 0. The molecule has 5 N–H and O–H groups in total. The summed E-state index contributed by atoms with van der Waals surface area (Å²) in [5.74, 6) is -0.975. The molecule has 0 radical (unpaired) electrons. The second kappa shape index (κ2) is 6.84. The summed E-state index contributed by atoms with van der Waals surface area (Å²) in [6.07, 6.45) is -4.48. The van der Waals surface area contributed by atoms with E-state index in [1.54, 1.807) is 13.0 Å². The first-order valence-corrected chi connectivity index (χ1v) is 8.03. The Labute approximate surface area is 157 Å². The van der Waals surface area contributed by atoms with E-state index in [0.29, 0.717) is 11.1 Å². The van der Waals surface area contributed by atoms with Gasteiger partial charge in [-0.1, -0.05) is 18.2 Å². The second-order valence-corrected chi connectivity index (χ2v) is 6.10. The number of nitrogens with two attached hydrogens (primary N) is 2. The number of aryl methyl sites for hydroxylation is 1. The van der Waals surface area contributed by atoms with Gasteiger partial charge < -0.3 is 16.6 Å². The summed E-state index contributed by atoms with van der Waals surface area (Å²) in [5.41, 5.74) is 11.7. The summed E-state index contributed by atoms with van der Waals surface area (Å²) < 4.78 is 38.3. The number of halogens is 3. The van der Waals surface area contributed by atoms with E-state index in [2.05, 4.69) is 9.97 Å². The number of hydrogen-bond donors (Lipinski definition) is 3. The number of primary amides is 1. The second-order valence-electron chi connectivity index (χ2n) is 6.10. The first-order valence-electron chi connectivity index (χ1n) is 8.03. The fraction of sp³-hybridized carbons (Fsp3) is 0.105. The molecule has 144 valence electrons. The Morgan fingerprint density at radius 3 is 2.29 bits per heavy atom. The minimum absolute atomic E-state index is 0.0190. The number of amides is 1. The van der Waals surface area contributed by atoms with E-state index >= 15 is 0 Å². The van der Waals surface area contributed by atoms with Crippen LogP contribution >= 0.6 is 0 Å². The molecule has 0 aliphatic rings. The van der Waals surface area contributed by atoms with Gasteiger partial charge in [0.05, 0.1) is 16.9 Å². The molecule has 0 saturated carbocycles. The van der Waals surface area contributed by atoms with Gasteiger partial charge in [0.25, 0.3) is 5.91 Å². The van der Waals surface area contributed by atoms with E-state index in [1.165, 1.54) is 24.3 Å². The van der Waals surface area contributed by atoms with Crippen LogP contribution in [-0.4, -0.2) is 21.0 Å². The molecule has 1 heterocycles. The SMILES string of the molecule is Cc1ccc(O)cc1-c1nc(-c2ccc(C(F)(F)F)cc2)nc(C(N)=O)c1N. The number of nitrogens with zero attached hydrogens (tertiary/aromatic N) is 2. The summed E-state index contributed by atoms with van der Waals surface area (Å²) in [4.78, 5) is 20.1. The van der Waals surface area contributed by atoms with Gasteiger partial charge in [-0.05, 0) is 36.8 Å². The molecule has 0 aliphatic heterocycles. The minimum Gasteiger partial charge on any atom is -0.508 e. The number of carbonyl (C=O) groups is 1. The van der Waals surface area contributed by atoms with Crippen LogP contribution in [0.5, 0.6) is 5.75 Å². The number of anilines is 1. The molecule has 2 aromatic carbocycles. The molecule has 1 aromatic heterocycles. The lowest BCUT2D eigenvalue weighted by molar-refractivity contribution is -0.137. The van der Waals surface area contributed by atoms with Crippen LogP contribution in [0.4, 0.5) is 18.9 Å². The Bertz CT molecular complexity index is 1060. The van der Waals surface area contributed by atoms with E-state index in [-0.39, 0.29) is 34.2 Å². The molecule has 0 spiro atoms. The highest BCUT2D eigenvalue weighted by Gasteiger charge is 2.30. The number of hydrogen-bond acceptors (Lipinski definition) is 5. The van der Waals surface area contributed by atoms with Gasteiger partial charge in [0.1, 0.15) is 5.75 Å². The third-order valence-corrected chi connectivity index (χ3v) is 4.13. The molecule has 1 amide bonds. The third-order valence-electron chi connectivity index (χ3n) is 4.13. The fourth-order valence-corrected chi connectivity index (χ4v) is 2.67. The number of nitrogen functional groups attached to an aromatic ring is 1. The molecular weight excluding hydrogens is 373 g/mol. The largest absolute Gasteiger partial charge is 0.508 e. The smallest absolute Gasteiger partial charge is 0.416 e. The Morgan fingerprint density at radius 1 is 1.07 bits per heavy atom. The van der Waals surface area contributed by atoms with Crippen LogP contribution in [0, 0.1) is 6.92 Å². The van der Waals surface area contributed by atoms with Gasteiger partial charge >= 0.3 is 6.18 Å². The van der Waals surface area contributed by atoms with Crippen LogP contribution in [-0.2, 0) is 6.18 Å². The van der Waals surface area contributed by atoms with Crippen LogP contribution in [0.2, 0.25) is 0 Å². The lowest BCUT2D eigenvalue weighted by Gasteiger charge is -2.13. The third kappa shape index (κ3) is 3.59. The van der Waals surface area contributed by atoms with Crippen molar-refractivity contribution in [2.45, 2.75) is 13.1 Å². The van der Waals surface area contributed by atoms with Crippen molar-refractivity contribution in [3.05, 3.63) is 59.3 Å². The Balaban J connectivity index is 2.22. The van der Waals surface area contributed by atoms with Gasteiger partial charge in [-0.15, -0.1) is 0 Å². The number of benzene rings is 2. The number of carbonyl (C=O) groups excluding carboxylic acids is 1. The normalized spacial score (nSPS) is 11.4. The van der Waals surface area contributed by atoms with Gasteiger partial charge in [0, 0.05) is 11.1 Å². The summed E-state index contributed by atoms with van der Waals surface area (Å²) in [5, 5.41) is 9.78. The molecule has 3 rings (SSSR count). The van der Waals surface area contributed by atoms with Gasteiger partial charge in [-0.2, -0.15) is 13.2 Å². The van der Waals surface area contributed by atoms with E-state index in [9.17, 15) is 23.1 Å². The molecule has 0 bridgehead atoms. The maximum absolute atomic E-state index is 12.8. The Hall–Kier alpha value is -3.62. The van der Waals surface area contributed by atoms with Gasteiger partial charge in [-0.25, -0.2) is 9.97 Å². The van der Waals surface area contributed by atoms with Crippen LogP contribution in [0.3, 0.4) is 0 Å². The number of phenolic OH excluding ortho intramolecular Hbond substituents is 1. The number of aromatic hydroxyl groups is 1. The van der Waals surface area contributed by atoms with Crippen molar-refractivity contribution in [2.24, 2.45) is 5.73 Å². The molecule has 0 fully saturated rings. The average molecular weight is 388 g/mol. The van der Waals surface area contributed by atoms with Gasteiger partial charge in [-0.3, -0.25) is 4.79 Å². The van der Waals surface area contributed by atoms with Crippen molar-refractivity contribution in [2.75, 3.05) is 5.73 Å². The van der Waals surface area contributed by atoms with E-state index in [0.717, 1.165) is 12.1 Å². The molecule has 6 nitrogen and oxygen atoms in total. The number of rotatable bonds is 3. The van der Waals surface area contributed by atoms with Crippen LogP contribution in [0.1, 0.15) is 21.6 Å². The van der Waals surface area contributed by atoms with E-state index < -0.39 is 17.6 Å². The fourth-order valence-electron chi connectivity index (χ4n) is 2.67. The van der Waals surface area contributed by atoms with Gasteiger partial charge in [0.2, 0.25) is 0 Å². The molecular formula is C19H15F3N4O2. The summed E-state index contributed by atoms with van der Waals surface area (Å²) in [6, 6.07) is 8.68. The highest BCUT2D eigenvalue weighted by Crippen LogP contribution is 2.34. The van der Waals surface area contributed by atoms with E-state index in [4.69, 9.17) is 11.5 Å². The van der Waals surface area contributed by atoms with Crippen LogP contribution in [0.15, 0.2) is 42.5 Å². The Morgan fingerprint density at radius 2 is 1.71 bits per heavy atom. The molecule has 3 aromatic rings. The van der Waals surface area contributed by atoms with Crippen molar-refractivity contribution in [3.8, 4) is 28.4 Å². The van der Waals surface area contributed by atoms with Crippen molar-refractivity contribution in [3.63, 3.8) is 0 Å². The zero-order chi connectivity index (χ0) is 20.6. The van der Waals surface area contributed by atoms with Crippen LogP contribution in [0.25, 0.3) is 22.6 Å². The first kappa shape index (κ1) is 19.2. The monoisotopic (exact) mass is 388 g/mol. The first-order chi connectivity index (χ1) is 13.1. The van der Waals surface area contributed by atoms with Crippen molar-refractivity contribution in [1.82, 2.24) is 9.97 Å². The predicted octanol–water partition coefficient (Wildman–Crippen LogP) is 3.52. The molecule has 9 heteroatoms. The predicted molar refractivity (Wildman–Crippen MR) is 97.2 cm³/mol. The molecule has 28 heavy (non-hydrogen) atoms. The van der Waals surface area contributed by atoms with E-state index in [1.807, 2.05) is 0 Å². The highest BCUT2D eigenvalue weighted by molar-refractivity contribution is 5.99. The number of alkyl halides is 3. The topological polar surface area (TPSA) is 115 Å². The summed E-state index contributed by atoms with van der Waals surface area (Å²) >= 11 is 0. The summed E-state index contributed by atoms with van der Waals surface area (Å²) in [6.45, 7) is 1.75. The molecule has 0 atom stereocenters. The van der Waals surface area contributed by atoms with Crippen molar-refractivity contribution >= 4 is 11.6 Å². The lowest BCUT2D eigenvalue weighted by atomic mass is 10.0. The zero-order valence-electron chi connectivity index (χ0n) is 14.6. The molecule has 0 unspecified atom stereocenters. The van der Waals surface area contributed by atoms with Crippen molar-refractivity contribution in [1.29, 1.82) is 0 Å². The number of aromatic nitrogens is 2.